The number of nitrogens with one attached hydrogen (secondary N) is 1. The Hall–Kier alpha value is -3.27. The van der Waals surface area contributed by atoms with Gasteiger partial charge in [0.25, 0.3) is 5.91 Å². The maximum atomic E-state index is 12.3. The molecular formula is C22H22ClF3N2O5. The summed E-state index contributed by atoms with van der Waals surface area (Å²) in [4.78, 5) is 35.1. The Labute approximate surface area is 192 Å². The zero-order valence-corrected chi connectivity index (χ0v) is 18.1. The zero-order valence-electron chi connectivity index (χ0n) is 17.4. The number of carboxylic acids is 2. The molecule has 0 radical (unpaired) electrons. The quantitative estimate of drug-likeness (QED) is 0.541. The second kappa shape index (κ2) is 11.6. The molecule has 1 heterocycles. The summed E-state index contributed by atoms with van der Waals surface area (Å²) < 4.78 is 31.7. The number of carbonyl (C=O) groups is 3. The maximum Gasteiger partial charge on any atom is 0.490 e. The number of aliphatic carboxylic acids is 1. The first-order chi connectivity index (χ1) is 15.5. The minimum absolute atomic E-state index is 0.209. The van der Waals surface area contributed by atoms with E-state index in [-0.39, 0.29) is 11.5 Å². The van der Waals surface area contributed by atoms with Gasteiger partial charge < -0.3 is 20.4 Å². The molecule has 0 aliphatic carbocycles. The number of benzene rings is 2. The molecule has 0 unspecified atom stereocenters. The summed E-state index contributed by atoms with van der Waals surface area (Å²) >= 11 is 5.83. The molecular weight excluding hydrogens is 465 g/mol. The summed E-state index contributed by atoms with van der Waals surface area (Å²) in [5, 5.41) is 20.0. The van der Waals surface area contributed by atoms with Gasteiger partial charge in [0.15, 0.2) is 0 Å². The Morgan fingerprint density at radius 3 is 1.94 bits per heavy atom. The largest absolute Gasteiger partial charge is 0.490 e. The molecule has 0 atom stereocenters. The summed E-state index contributed by atoms with van der Waals surface area (Å²) in [5.74, 6) is -4.06. The molecule has 1 aliphatic rings. The number of aromatic carboxylic acids is 1. The molecule has 2 aromatic rings. The normalized spacial score (nSPS) is 13.9. The lowest BCUT2D eigenvalue weighted by Gasteiger charge is -2.24. The smallest absolute Gasteiger partial charge is 0.478 e. The van der Waals surface area contributed by atoms with E-state index in [0.717, 1.165) is 25.9 Å². The third-order valence-corrected chi connectivity index (χ3v) is 5.03. The van der Waals surface area contributed by atoms with E-state index in [1.165, 1.54) is 18.9 Å². The van der Waals surface area contributed by atoms with Crippen LogP contribution < -0.4 is 10.2 Å². The minimum Gasteiger partial charge on any atom is -0.478 e. The van der Waals surface area contributed by atoms with Crippen molar-refractivity contribution in [3.05, 3.63) is 58.6 Å². The molecule has 178 valence electrons. The Morgan fingerprint density at radius 2 is 1.45 bits per heavy atom. The van der Waals surface area contributed by atoms with Crippen molar-refractivity contribution < 1.29 is 37.8 Å². The van der Waals surface area contributed by atoms with Gasteiger partial charge in [0.05, 0.1) is 11.3 Å². The van der Waals surface area contributed by atoms with Crippen LogP contribution in [0.5, 0.6) is 0 Å². The minimum atomic E-state index is -5.08. The lowest BCUT2D eigenvalue weighted by atomic mass is 10.1. The molecule has 3 rings (SSSR count). The molecule has 1 saturated heterocycles. The molecule has 2 aromatic carbocycles. The zero-order chi connectivity index (χ0) is 24.6. The van der Waals surface area contributed by atoms with Crippen LogP contribution in [0.25, 0.3) is 0 Å². The van der Waals surface area contributed by atoms with Crippen molar-refractivity contribution in [3.8, 4) is 0 Å². The molecule has 0 saturated carbocycles. The van der Waals surface area contributed by atoms with Gasteiger partial charge in [-0.15, -0.1) is 0 Å². The highest BCUT2D eigenvalue weighted by molar-refractivity contribution is 6.30. The Kier molecular flexibility index (Phi) is 9.10. The summed E-state index contributed by atoms with van der Waals surface area (Å²) in [7, 11) is 0. The van der Waals surface area contributed by atoms with E-state index in [4.69, 9.17) is 21.5 Å². The predicted molar refractivity (Wildman–Crippen MR) is 117 cm³/mol. The number of carbonyl (C=O) groups excluding carboxylic acids is 1. The fraction of sp³-hybridized carbons (Fsp3) is 0.318. The molecule has 0 aromatic heterocycles. The van der Waals surface area contributed by atoms with Crippen molar-refractivity contribution in [1.82, 2.24) is 0 Å². The van der Waals surface area contributed by atoms with Crippen LogP contribution in [0.4, 0.5) is 24.5 Å². The van der Waals surface area contributed by atoms with E-state index >= 15 is 0 Å². The molecule has 1 fully saturated rings. The van der Waals surface area contributed by atoms with Gasteiger partial charge in [-0.3, -0.25) is 4.79 Å². The molecule has 0 bridgehead atoms. The van der Waals surface area contributed by atoms with E-state index in [1.807, 2.05) is 0 Å². The van der Waals surface area contributed by atoms with Crippen molar-refractivity contribution in [3.63, 3.8) is 0 Å². The number of carboxylic acid groups (broad SMARTS) is 2. The highest BCUT2D eigenvalue weighted by Gasteiger charge is 2.38. The SMILES string of the molecule is O=C(Nc1ccc(N2CCCCCC2)c(C(=O)O)c1)c1ccc(Cl)cc1.O=C(O)C(F)(F)F. The number of anilines is 2. The highest BCUT2D eigenvalue weighted by atomic mass is 35.5. The predicted octanol–water partition coefficient (Wildman–Crippen LogP) is 5.30. The molecule has 0 spiro atoms. The third-order valence-electron chi connectivity index (χ3n) is 4.78. The standard InChI is InChI=1S/C20H21ClN2O3.C2HF3O2/c21-15-7-5-14(6-8-15)19(24)22-16-9-10-18(17(13-16)20(25)26)23-11-3-1-2-4-12-23;3-2(4,5)1(6)7/h5-10,13H,1-4,11-12H2,(H,22,24)(H,25,26);(H,6,7). The van der Waals surface area contributed by atoms with Gasteiger partial charge >= 0.3 is 18.1 Å². The first-order valence-corrected chi connectivity index (χ1v) is 10.4. The highest BCUT2D eigenvalue weighted by Crippen LogP contribution is 2.27. The van der Waals surface area contributed by atoms with E-state index in [2.05, 4.69) is 10.2 Å². The van der Waals surface area contributed by atoms with Crippen molar-refractivity contribution in [1.29, 1.82) is 0 Å². The summed E-state index contributed by atoms with van der Waals surface area (Å²) in [6.45, 7) is 1.72. The van der Waals surface area contributed by atoms with Gasteiger partial charge in [-0.1, -0.05) is 24.4 Å². The summed E-state index contributed by atoms with van der Waals surface area (Å²) in [5.41, 5.74) is 1.84. The Balaban J connectivity index is 0.000000479. The molecule has 1 aliphatic heterocycles. The van der Waals surface area contributed by atoms with E-state index in [1.54, 1.807) is 36.4 Å². The fourth-order valence-electron chi connectivity index (χ4n) is 3.18. The van der Waals surface area contributed by atoms with Crippen LogP contribution in [0.2, 0.25) is 5.02 Å². The van der Waals surface area contributed by atoms with E-state index in [0.29, 0.717) is 22.0 Å². The monoisotopic (exact) mass is 486 g/mol. The van der Waals surface area contributed by atoms with Crippen LogP contribution in [0.1, 0.15) is 46.4 Å². The van der Waals surface area contributed by atoms with Gasteiger partial charge in [0.2, 0.25) is 0 Å². The number of nitrogens with zero attached hydrogens (tertiary/aromatic N) is 1. The average molecular weight is 487 g/mol. The van der Waals surface area contributed by atoms with Crippen LogP contribution >= 0.6 is 11.6 Å². The van der Waals surface area contributed by atoms with Crippen LogP contribution in [-0.4, -0.2) is 47.3 Å². The fourth-order valence-corrected chi connectivity index (χ4v) is 3.30. The van der Waals surface area contributed by atoms with Gasteiger partial charge in [-0.05, 0) is 55.3 Å². The third kappa shape index (κ3) is 7.98. The summed E-state index contributed by atoms with van der Waals surface area (Å²) in [6, 6.07) is 11.6. The van der Waals surface area contributed by atoms with Gasteiger partial charge in [-0.25, -0.2) is 9.59 Å². The lowest BCUT2D eigenvalue weighted by molar-refractivity contribution is -0.192. The van der Waals surface area contributed by atoms with Crippen molar-refractivity contribution in [2.45, 2.75) is 31.9 Å². The van der Waals surface area contributed by atoms with Crippen molar-refractivity contribution in [2.75, 3.05) is 23.3 Å². The van der Waals surface area contributed by atoms with Crippen molar-refractivity contribution >= 4 is 40.8 Å². The van der Waals surface area contributed by atoms with Crippen molar-refractivity contribution in [2.24, 2.45) is 0 Å². The van der Waals surface area contributed by atoms with Gasteiger partial charge in [0, 0.05) is 29.4 Å². The topological polar surface area (TPSA) is 107 Å². The average Bonchev–Trinajstić information content (AvgIpc) is 3.03. The molecule has 33 heavy (non-hydrogen) atoms. The Bertz CT molecular complexity index is 989. The number of amides is 1. The maximum absolute atomic E-state index is 12.3. The van der Waals surface area contributed by atoms with Gasteiger partial charge in [-0.2, -0.15) is 13.2 Å². The first kappa shape index (κ1) is 26.0. The molecule has 3 N–H and O–H groups in total. The van der Waals surface area contributed by atoms with Gasteiger partial charge in [0.1, 0.15) is 0 Å². The number of halogens is 4. The number of hydrogen-bond acceptors (Lipinski definition) is 4. The first-order valence-electron chi connectivity index (χ1n) is 9.98. The van der Waals surface area contributed by atoms with E-state index in [9.17, 15) is 27.9 Å². The summed E-state index contributed by atoms with van der Waals surface area (Å²) in [6.07, 6.45) is -0.607. The van der Waals surface area contributed by atoms with Crippen LogP contribution in [0, 0.1) is 0 Å². The number of hydrogen-bond donors (Lipinski definition) is 3. The van der Waals surface area contributed by atoms with Crippen LogP contribution in [0.15, 0.2) is 42.5 Å². The lowest BCUT2D eigenvalue weighted by Crippen LogP contribution is -2.26. The Morgan fingerprint density at radius 1 is 0.909 bits per heavy atom. The number of rotatable bonds is 4. The molecule has 7 nitrogen and oxygen atoms in total. The molecule has 11 heteroatoms. The number of alkyl halides is 3. The van der Waals surface area contributed by atoms with E-state index < -0.39 is 18.1 Å². The second-order valence-corrected chi connectivity index (χ2v) is 7.64. The molecule has 1 amide bonds. The second-order valence-electron chi connectivity index (χ2n) is 7.20. The van der Waals surface area contributed by atoms with Crippen LogP contribution in [0.3, 0.4) is 0 Å². The van der Waals surface area contributed by atoms with Crippen LogP contribution in [-0.2, 0) is 4.79 Å².